The maximum Gasteiger partial charge on any atom is 0.252 e. The largest absolute Gasteiger partial charge is 0.361 e. The van der Waals surface area contributed by atoms with Crippen LogP contribution in [0, 0.1) is 13.8 Å². The van der Waals surface area contributed by atoms with Crippen molar-refractivity contribution in [1.82, 2.24) is 24.9 Å². The summed E-state index contributed by atoms with van der Waals surface area (Å²) < 4.78 is 7.23. The second-order valence-corrected chi connectivity index (χ2v) is 7.84. The number of aromatic nitrogens is 3. The predicted octanol–water partition coefficient (Wildman–Crippen LogP) is 2.54. The Hall–Kier alpha value is -2.45. The minimum Gasteiger partial charge on any atom is -0.361 e. The number of hydrogen-bond acceptors (Lipinski definition) is 6. The third-order valence-electron chi connectivity index (χ3n) is 5.05. The van der Waals surface area contributed by atoms with Gasteiger partial charge < -0.3 is 14.4 Å². The van der Waals surface area contributed by atoms with Gasteiger partial charge in [0.2, 0.25) is 0 Å². The van der Waals surface area contributed by atoms with E-state index in [4.69, 9.17) is 4.52 Å². The van der Waals surface area contributed by atoms with E-state index in [0.29, 0.717) is 6.54 Å². The van der Waals surface area contributed by atoms with E-state index in [1.54, 1.807) is 23.9 Å². The van der Waals surface area contributed by atoms with Gasteiger partial charge in [0.15, 0.2) is 0 Å². The Bertz CT molecular complexity index is 909. The fourth-order valence-corrected chi connectivity index (χ4v) is 4.59. The van der Waals surface area contributed by atoms with Gasteiger partial charge in [0.05, 0.1) is 17.6 Å². The summed E-state index contributed by atoms with van der Waals surface area (Å²) in [5.74, 6) is 0.911. The van der Waals surface area contributed by atoms with Gasteiger partial charge in [0.25, 0.3) is 5.91 Å². The predicted molar refractivity (Wildman–Crippen MR) is 103 cm³/mol. The molecule has 1 aliphatic rings. The molecule has 1 aliphatic heterocycles. The molecular formula is C19H23N5O2S. The van der Waals surface area contributed by atoms with Crippen LogP contribution in [0.25, 0.3) is 0 Å². The van der Waals surface area contributed by atoms with Crippen LogP contribution in [0.1, 0.15) is 37.8 Å². The smallest absolute Gasteiger partial charge is 0.252 e. The number of aryl methyl sites for hydroxylation is 2. The molecule has 0 radical (unpaired) electrons. The minimum absolute atomic E-state index is 0.0202. The topological polar surface area (TPSA) is 76.2 Å². The van der Waals surface area contributed by atoms with Crippen LogP contribution in [0.2, 0.25) is 0 Å². The highest BCUT2D eigenvalue weighted by Gasteiger charge is 2.25. The fraction of sp³-hybridized carbons (Fsp3) is 0.421. The molecule has 0 aliphatic carbocycles. The molecule has 0 spiro atoms. The van der Waals surface area contributed by atoms with Crippen molar-refractivity contribution in [1.29, 1.82) is 0 Å². The van der Waals surface area contributed by atoms with Crippen molar-refractivity contribution in [3.63, 3.8) is 0 Å². The highest BCUT2D eigenvalue weighted by molar-refractivity contribution is 7.10. The molecule has 4 rings (SSSR count). The highest BCUT2D eigenvalue weighted by Crippen LogP contribution is 2.30. The summed E-state index contributed by atoms with van der Waals surface area (Å²) in [6, 6.07) is 0. The quantitative estimate of drug-likeness (QED) is 0.706. The first-order valence-electron chi connectivity index (χ1n) is 9.09. The van der Waals surface area contributed by atoms with Gasteiger partial charge in [0, 0.05) is 60.9 Å². The molecule has 27 heavy (non-hydrogen) atoms. The van der Waals surface area contributed by atoms with Gasteiger partial charge in [-0.1, -0.05) is 5.16 Å². The molecule has 0 atom stereocenters. The number of thiophene rings is 1. The number of carbonyl (C=O) groups is 1. The second-order valence-electron chi connectivity index (χ2n) is 6.87. The van der Waals surface area contributed by atoms with E-state index in [1.807, 2.05) is 30.0 Å². The summed E-state index contributed by atoms with van der Waals surface area (Å²) in [4.78, 5) is 20.3. The number of amides is 1. The first-order chi connectivity index (χ1) is 13.1. The third kappa shape index (κ3) is 3.81. The molecule has 0 fully saturated rings. The molecule has 0 aromatic carbocycles. The molecule has 3 aromatic rings. The standard InChI is InChI=1S/C19H23N5O2S/c1-13-16(14(2)26-22-13)9-24-6-3-15-17(11-27-18(15)10-24)19(25)21-5-8-23-7-4-20-12-23/h4,7,11-12H,3,5-6,8-10H2,1-2H3,(H,21,25). The molecule has 3 aromatic heterocycles. The molecule has 7 nitrogen and oxygen atoms in total. The van der Waals surface area contributed by atoms with E-state index in [0.717, 1.165) is 49.6 Å². The van der Waals surface area contributed by atoms with Gasteiger partial charge >= 0.3 is 0 Å². The summed E-state index contributed by atoms with van der Waals surface area (Å²) in [5.41, 5.74) is 4.17. The number of nitrogens with one attached hydrogen (secondary N) is 1. The lowest BCUT2D eigenvalue weighted by Crippen LogP contribution is -2.32. The summed E-state index contributed by atoms with van der Waals surface area (Å²) in [6.45, 7) is 7.91. The van der Waals surface area contributed by atoms with Crippen LogP contribution in [0.5, 0.6) is 0 Å². The zero-order chi connectivity index (χ0) is 18.8. The van der Waals surface area contributed by atoms with Gasteiger partial charge in [-0.05, 0) is 25.8 Å². The van der Waals surface area contributed by atoms with Gasteiger partial charge in [-0.25, -0.2) is 4.98 Å². The van der Waals surface area contributed by atoms with Crippen LogP contribution < -0.4 is 5.32 Å². The summed E-state index contributed by atoms with van der Waals surface area (Å²) in [6.07, 6.45) is 6.29. The number of fused-ring (bicyclic) bond motifs is 1. The zero-order valence-corrected chi connectivity index (χ0v) is 16.4. The Kier molecular flexibility index (Phi) is 5.09. The van der Waals surface area contributed by atoms with Crippen molar-refractivity contribution in [2.75, 3.05) is 13.1 Å². The molecule has 0 saturated carbocycles. The highest BCUT2D eigenvalue weighted by atomic mass is 32.1. The molecule has 0 bridgehead atoms. The monoisotopic (exact) mass is 385 g/mol. The van der Waals surface area contributed by atoms with E-state index >= 15 is 0 Å². The summed E-state index contributed by atoms with van der Waals surface area (Å²) >= 11 is 1.68. The van der Waals surface area contributed by atoms with Gasteiger partial charge in [-0.15, -0.1) is 11.3 Å². The third-order valence-corrected chi connectivity index (χ3v) is 6.06. The molecule has 0 unspecified atom stereocenters. The van der Waals surface area contributed by atoms with Crippen LogP contribution in [0.3, 0.4) is 0 Å². The van der Waals surface area contributed by atoms with Crippen LogP contribution in [-0.4, -0.2) is 38.6 Å². The van der Waals surface area contributed by atoms with E-state index in [1.165, 1.54) is 16.0 Å². The second kappa shape index (κ2) is 7.66. The van der Waals surface area contributed by atoms with Crippen LogP contribution in [0.15, 0.2) is 28.6 Å². The van der Waals surface area contributed by atoms with Crippen molar-refractivity contribution in [2.24, 2.45) is 0 Å². The lowest BCUT2D eigenvalue weighted by atomic mass is 10.0. The number of carbonyl (C=O) groups excluding carboxylic acids is 1. The first-order valence-corrected chi connectivity index (χ1v) is 9.97. The summed E-state index contributed by atoms with van der Waals surface area (Å²) in [5, 5.41) is 9.06. The Morgan fingerprint density at radius 1 is 1.41 bits per heavy atom. The minimum atomic E-state index is 0.0202. The number of nitrogens with zero attached hydrogens (tertiary/aromatic N) is 4. The number of hydrogen-bond donors (Lipinski definition) is 1. The molecule has 4 heterocycles. The molecule has 8 heteroatoms. The Labute approximate surface area is 162 Å². The van der Waals surface area contributed by atoms with Crippen LogP contribution >= 0.6 is 11.3 Å². The first kappa shape index (κ1) is 17.9. The Balaban J connectivity index is 1.37. The van der Waals surface area contributed by atoms with Crippen molar-refractivity contribution in [3.8, 4) is 0 Å². The maximum absolute atomic E-state index is 12.6. The zero-order valence-electron chi connectivity index (χ0n) is 15.6. The molecule has 1 N–H and O–H groups in total. The molecule has 142 valence electrons. The van der Waals surface area contributed by atoms with Crippen molar-refractivity contribution < 1.29 is 9.32 Å². The van der Waals surface area contributed by atoms with E-state index in [2.05, 4.69) is 20.4 Å². The lowest BCUT2D eigenvalue weighted by molar-refractivity contribution is 0.0951. The van der Waals surface area contributed by atoms with Crippen molar-refractivity contribution in [2.45, 2.75) is 39.9 Å². The summed E-state index contributed by atoms with van der Waals surface area (Å²) in [7, 11) is 0. The van der Waals surface area contributed by atoms with Crippen LogP contribution in [-0.2, 0) is 26.1 Å². The number of rotatable bonds is 6. The molecule has 0 saturated heterocycles. The van der Waals surface area contributed by atoms with Gasteiger partial charge in [0.1, 0.15) is 5.76 Å². The Morgan fingerprint density at radius 3 is 3.04 bits per heavy atom. The van der Waals surface area contributed by atoms with E-state index in [9.17, 15) is 4.79 Å². The van der Waals surface area contributed by atoms with E-state index in [-0.39, 0.29) is 5.91 Å². The fourth-order valence-electron chi connectivity index (χ4n) is 3.47. The molecular weight excluding hydrogens is 362 g/mol. The molecule has 1 amide bonds. The SMILES string of the molecule is Cc1noc(C)c1CN1CCc2c(C(=O)NCCn3ccnc3)csc2C1. The normalized spacial score (nSPS) is 14.3. The van der Waals surface area contributed by atoms with Gasteiger partial charge in [-0.3, -0.25) is 9.69 Å². The van der Waals surface area contributed by atoms with Crippen molar-refractivity contribution >= 4 is 17.2 Å². The lowest BCUT2D eigenvalue weighted by Gasteiger charge is -2.27. The average molecular weight is 385 g/mol. The van der Waals surface area contributed by atoms with E-state index < -0.39 is 0 Å². The van der Waals surface area contributed by atoms with Crippen LogP contribution in [0.4, 0.5) is 0 Å². The van der Waals surface area contributed by atoms with Crippen molar-refractivity contribution in [3.05, 3.63) is 57.1 Å². The maximum atomic E-state index is 12.6. The number of imidazole rings is 1. The van der Waals surface area contributed by atoms with Gasteiger partial charge in [-0.2, -0.15) is 0 Å². The average Bonchev–Trinajstić information content (AvgIpc) is 3.38. The Morgan fingerprint density at radius 2 is 2.30 bits per heavy atom.